The molecular weight excluding hydrogens is 196 g/mol. The standard InChI is InChI=1S/C10H23NP2/c1-8(11(2)13-4)9-6-5-7-10(9)12-3/h8-10,12-13H,5-7H2,1-4H3. The summed E-state index contributed by atoms with van der Waals surface area (Å²) in [4.78, 5) is 0. The van der Waals surface area contributed by atoms with E-state index in [1.54, 1.807) is 0 Å². The zero-order valence-corrected chi connectivity index (χ0v) is 11.3. The maximum absolute atomic E-state index is 2.53. The van der Waals surface area contributed by atoms with Gasteiger partial charge in [-0.2, -0.15) is 0 Å². The van der Waals surface area contributed by atoms with Gasteiger partial charge in [0, 0.05) is 6.04 Å². The minimum absolute atomic E-state index is 0.809. The van der Waals surface area contributed by atoms with Crippen LogP contribution in [-0.4, -0.2) is 36.7 Å². The third kappa shape index (κ3) is 2.88. The summed E-state index contributed by atoms with van der Waals surface area (Å²) in [5, 5.41) is 0. The van der Waals surface area contributed by atoms with Crippen molar-refractivity contribution < 1.29 is 0 Å². The van der Waals surface area contributed by atoms with Crippen molar-refractivity contribution >= 4 is 17.3 Å². The van der Waals surface area contributed by atoms with Crippen molar-refractivity contribution in [2.24, 2.45) is 5.92 Å². The smallest absolute Gasteiger partial charge is 0.0134 e. The van der Waals surface area contributed by atoms with Gasteiger partial charge < -0.3 is 0 Å². The molecule has 0 radical (unpaired) electrons. The molecule has 1 fully saturated rings. The minimum Gasteiger partial charge on any atom is -0.285 e. The van der Waals surface area contributed by atoms with Crippen LogP contribution < -0.4 is 0 Å². The molecule has 13 heavy (non-hydrogen) atoms. The van der Waals surface area contributed by atoms with E-state index in [-0.39, 0.29) is 0 Å². The van der Waals surface area contributed by atoms with Gasteiger partial charge in [-0.05, 0) is 51.7 Å². The Balaban J connectivity index is 2.49. The van der Waals surface area contributed by atoms with E-state index in [1.165, 1.54) is 19.3 Å². The Labute approximate surface area is 86.7 Å². The van der Waals surface area contributed by atoms with Crippen LogP contribution in [0.4, 0.5) is 0 Å². The summed E-state index contributed by atoms with van der Waals surface area (Å²) < 4.78 is 2.53. The normalized spacial score (nSPS) is 33.0. The molecule has 0 aromatic heterocycles. The molecule has 78 valence electrons. The van der Waals surface area contributed by atoms with Crippen molar-refractivity contribution in [3.05, 3.63) is 0 Å². The van der Waals surface area contributed by atoms with Gasteiger partial charge in [-0.1, -0.05) is 15.2 Å². The molecule has 5 atom stereocenters. The fourth-order valence-electron chi connectivity index (χ4n) is 2.42. The van der Waals surface area contributed by atoms with Gasteiger partial charge in [0.25, 0.3) is 0 Å². The third-order valence-electron chi connectivity index (χ3n) is 3.52. The van der Waals surface area contributed by atoms with Crippen LogP contribution in [0.2, 0.25) is 0 Å². The molecule has 0 spiro atoms. The molecule has 0 bridgehead atoms. The molecule has 5 unspecified atom stereocenters. The van der Waals surface area contributed by atoms with E-state index in [2.05, 4.69) is 32.0 Å². The summed E-state index contributed by atoms with van der Waals surface area (Å²) in [6, 6.07) is 0.809. The second-order valence-electron chi connectivity index (χ2n) is 4.07. The Kier molecular flexibility index (Phi) is 5.16. The summed E-state index contributed by atoms with van der Waals surface area (Å²) in [5.74, 6) is 0.987. The minimum atomic E-state index is 0.809. The van der Waals surface area contributed by atoms with Crippen LogP contribution in [0, 0.1) is 5.92 Å². The first-order chi connectivity index (χ1) is 6.20. The Morgan fingerprint density at radius 3 is 2.54 bits per heavy atom. The van der Waals surface area contributed by atoms with E-state index in [0.717, 1.165) is 34.9 Å². The quantitative estimate of drug-likeness (QED) is 0.657. The highest BCUT2D eigenvalue weighted by Gasteiger charge is 2.31. The number of rotatable bonds is 4. The number of hydrogen-bond acceptors (Lipinski definition) is 1. The fourth-order valence-corrected chi connectivity index (χ4v) is 4.38. The molecule has 3 heteroatoms. The zero-order chi connectivity index (χ0) is 9.84. The lowest BCUT2D eigenvalue weighted by molar-refractivity contribution is 0.309. The van der Waals surface area contributed by atoms with Crippen molar-refractivity contribution in [2.75, 3.05) is 20.4 Å². The molecule has 0 amide bonds. The van der Waals surface area contributed by atoms with E-state index in [0.29, 0.717) is 0 Å². The molecule has 1 aliphatic carbocycles. The molecule has 0 aromatic carbocycles. The van der Waals surface area contributed by atoms with Crippen molar-refractivity contribution in [1.29, 1.82) is 0 Å². The highest BCUT2D eigenvalue weighted by Crippen LogP contribution is 2.41. The highest BCUT2D eigenvalue weighted by molar-refractivity contribution is 7.38. The van der Waals surface area contributed by atoms with Crippen LogP contribution in [0.25, 0.3) is 0 Å². The summed E-state index contributed by atoms with van der Waals surface area (Å²) >= 11 is 0. The first kappa shape index (κ1) is 11.9. The summed E-state index contributed by atoms with van der Waals surface area (Å²) in [7, 11) is 4.40. The average molecular weight is 219 g/mol. The topological polar surface area (TPSA) is 3.24 Å². The van der Waals surface area contributed by atoms with E-state index in [9.17, 15) is 0 Å². The van der Waals surface area contributed by atoms with Gasteiger partial charge in [-0.3, -0.25) is 4.67 Å². The zero-order valence-electron chi connectivity index (χ0n) is 9.30. The lowest BCUT2D eigenvalue weighted by atomic mass is 10.00. The number of nitrogens with zero attached hydrogens (tertiary/aromatic N) is 1. The molecule has 1 saturated carbocycles. The third-order valence-corrected chi connectivity index (χ3v) is 6.09. The van der Waals surface area contributed by atoms with Gasteiger partial charge in [0.15, 0.2) is 0 Å². The average Bonchev–Trinajstić information content (AvgIpc) is 2.62. The lowest BCUT2D eigenvalue weighted by Crippen LogP contribution is -2.32. The summed E-state index contributed by atoms with van der Waals surface area (Å²) in [6.07, 6.45) is 4.44. The molecule has 0 aliphatic heterocycles. The van der Waals surface area contributed by atoms with Crippen molar-refractivity contribution in [2.45, 2.75) is 37.9 Å². The van der Waals surface area contributed by atoms with Crippen LogP contribution in [0.1, 0.15) is 26.2 Å². The molecule has 0 aromatic rings. The van der Waals surface area contributed by atoms with Crippen LogP contribution in [-0.2, 0) is 0 Å². The Bertz CT molecular complexity index is 152. The number of hydrogen-bond donors (Lipinski definition) is 0. The van der Waals surface area contributed by atoms with Crippen molar-refractivity contribution in [3.8, 4) is 0 Å². The first-order valence-corrected chi connectivity index (χ1v) is 8.30. The molecule has 0 heterocycles. The van der Waals surface area contributed by atoms with E-state index in [4.69, 9.17) is 0 Å². The Morgan fingerprint density at radius 1 is 1.31 bits per heavy atom. The fraction of sp³-hybridized carbons (Fsp3) is 1.00. The van der Waals surface area contributed by atoms with Crippen LogP contribution in [0.5, 0.6) is 0 Å². The first-order valence-electron chi connectivity index (χ1n) is 5.28. The van der Waals surface area contributed by atoms with E-state index >= 15 is 0 Å². The highest BCUT2D eigenvalue weighted by atomic mass is 31.1. The van der Waals surface area contributed by atoms with Crippen LogP contribution >= 0.6 is 17.3 Å². The predicted octanol–water partition coefficient (Wildman–Crippen LogP) is 3.01. The molecule has 1 rings (SSSR count). The maximum atomic E-state index is 2.53. The monoisotopic (exact) mass is 219 g/mol. The lowest BCUT2D eigenvalue weighted by Gasteiger charge is -2.31. The molecule has 1 nitrogen and oxygen atoms in total. The Morgan fingerprint density at radius 2 is 2.00 bits per heavy atom. The van der Waals surface area contributed by atoms with Gasteiger partial charge in [0.2, 0.25) is 0 Å². The molecule has 0 saturated heterocycles. The molecule has 0 N–H and O–H groups in total. The van der Waals surface area contributed by atoms with Gasteiger partial charge in [0.1, 0.15) is 0 Å². The van der Waals surface area contributed by atoms with Crippen molar-refractivity contribution in [3.63, 3.8) is 0 Å². The van der Waals surface area contributed by atoms with Crippen LogP contribution in [0.15, 0.2) is 0 Å². The summed E-state index contributed by atoms with van der Waals surface area (Å²) in [5.41, 5.74) is 1.04. The second-order valence-corrected chi connectivity index (χ2v) is 6.54. The van der Waals surface area contributed by atoms with Gasteiger partial charge in [-0.25, -0.2) is 0 Å². The molecule has 1 aliphatic rings. The Hall–Kier alpha value is 0.820. The van der Waals surface area contributed by atoms with Crippen LogP contribution in [0.3, 0.4) is 0 Å². The van der Waals surface area contributed by atoms with Crippen molar-refractivity contribution in [1.82, 2.24) is 4.67 Å². The van der Waals surface area contributed by atoms with E-state index in [1.807, 2.05) is 0 Å². The SMILES string of the molecule is CPC1CCCC1C(C)N(C)PC. The van der Waals surface area contributed by atoms with Gasteiger partial charge >= 0.3 is 0 Å². The second kappa shape index (κ2) is 5.64. The van der Waals surface area contributed by atoms with E-state index < -0.39 is 0 Å². The largest absolute Gasteiger partial charge is 0.285 e. The van der Waals surface area contributed by atoms with Gasteiger partial charge in [-0.15, -0.1) is 8.58 Å². The summed E-state index contributed by atoms with van der Waals surface area (Å²) in [6.45, 7) is 7.08. The maximum Gasteiger partial charge on any atom is 0.0134 e. The van der Waals surface area contributed by atoms with Gasteiger partial charge in [0.05, 0.1) is 0 Å². The predicted molar refractivity (Wildman–Crippen MR) is 66.8 cm³/mol. The molecular formula is C10H23NP2.